The Kier molecular flexibility index (Phi) is 10.6. The fraction of sp³-hybridized carbons (Fsp3) is 0.0769. The summed E-state index contributed by atoms with van der Waals surface area (Å²) in [6.07, 6.45) is 0. The average molecular weight is 738 g/mol. The van der Waals surface area contributed by atoms with Gasteiger partial charge in [-0.25, -0.2) is 0 Å². The van der Waals surface area contributed by atoms with Gasteiger partial charge in [-0.2, -0.15) is 9.05 Å². The summed E-state index contributed by atoms with van der Waals surface area (Å²) < 4.78 is 43.5. The van der Waals surface area contributed by atoms with E-state index < -0.39 is 23.7 Å². The lowest BCUT2D eigenvalue weighted by atomic mass is 10.1. The molecule has 51 heavy (non-hydrogen) atoms. The SMILES string of the molecule is COP1(Oc2ccc(-c3ccccc3)cc2)=N[P+](OC)(Oc2ccc(-c3ccccc3)cc2)N[P+](OC)(Oc2ccc(-c3ccccc3)cc2)N1. The topological polar surface area (TPSA) is 91.8 Å². The zero-order chi connectivity index (χ0) is 35.2. The average Bonchev–Trinajstić information content (AvgIpc) is 3.20. The van der Waals surface area contributed by atoms with Crippen molar-refractivity contribution in [3.63, 3.8) is 0 Å². The van der Waals surface area contributed by atoms with Gasteiger partial charge in [-0.15, -0.1) is 0 Å². The molecule has 9 nitrogen and oxygen atoms in total. The molecule has 0 aliphatic carbocycles. The maximum atomic E-state index is 6.67. The van der Waals surface area contributed by atoms with E-state index in [1.54, 1.807) is 7.11 Å². The first kappa shape index (κ1) is 35.0. The molecule has 1 aliphatic rings. The number of hydrogen-bond acceptors (Lipinski definition) is 9. The summed E-state index contributed by atoms with van der Waals surface area (Å²) >= 11 is 0. The smallest absolute Gasteiger partial charge is 0.423 e. The van der Waals surface area contributed by atoms with Crippen LogP contribution in [0.4, 0.5) is 0 Å². The predicted molar refractivity (Wildman–Crippen MR) is 208 cm³/mol. The summed E-state index contributed by atoms with van der Waals surface area (Å²) in [4.78, 5) is 6.80. The molecule has 0 spiro atoms. The van der Waals surface area contributed by atoms with E-state index in [0.29, 0.717) is 17.2 Å². The summed E-state index contributed by atoms with van der Waals surface area (Å²) in [6, 6.07) is 53.7. The standard InChI is InChI=1S/C39H38N3O6P3/c1-43-49(46-37-25-19-34(20-26-37)31-13-7-4-8-14-31)40-50(44-2,47-38-27-21-35(22-28-38)32-15-9-5-10-16-32)42-51(41-49,45-3)48-39-29-23-36(24-30-39)33-17-11-6-12-18-33/h4-30,40-41H,1-3H3/q+2. The molecule has 3 unspecified atom stereocenters. The Morgan fingerprint density at radius 1 is 0.451 bits per heavy atom. The van der Waals surface area contributed by atoms with E-state index in [1.165, 1.54) is 14.2 Å². The molecule has 0 radical (unpaired) electrons. The van der Waals surface area contributed by atoms with Gasteiger partial charge in [-0.3, -0.25) is 9.05 Å². The third kappa shape index (κ3) is 8.08. The Hall–Kier alpha value is -4.39. The maximum Gasteiger partial charge on any atom is 0.570 e. The van der Waals surface area contributed by atoms with Crippen LogP contribution in [-0.2, 0) is 13.6 Å². The molecule has 0 bridgehead atoms. The quantitative estimate of drug-likeness (QED) is 0.120. The summed E-state index contributed by atoms with van der Waals surface area (Å²) in [5.74, 6) is 1.62. The van der Waals surface area contributed by atoms with Gasteiger partial charge in [0.1, 0.15) is 5.75 Å². The van der Waals surface area contributed by atoms with E-state index in [9.17, 15) is 0 Å². The van der Waals surface area contributed by atoms with Crippen molar-refractivity contribution in [1.29, 1.82) is 0 Å². The molecule has 6 aromatic rings. The molecular formula is C39H38N3O6P3+2. The Morgan fingerprint density at radius 2 is 0.843 bits per heavy atom. The van der Waals surface area contributed by atoms with E-state index in [-0.39, 0.29) is 0 Å². The van der Waals surface area contributed by atoms with Gasteiger partial charge in [-0.1, -0.05) is 127 Å². The fourth-order valence-corrected chi connectivity index (χ4v) is 15.3. The van der Waals surface area contributed by atoms with Crippen molar-refractivity contribution < 1.29 is 27.1 Å². The van der Waals surface area contributed by atoms with Gasteiger partial charge in [0.2, 0.25) is 0 Å². The number of hydrogen-bond donors (Lipinski definition) is 2. The summed E-state index contributed by atoms with van der Waals surface area (Å²) in [5.41, 5.74) is 6.43. The highest BCUT2D eigenvalue weighted by atomic mass is 31.3. The first-order valence-electron chi connectivity index (χ1n) is 16.2. The first-order chi connectivity index (χ1) is 24.9. The highest BCUT2D eigenvalue weighted by Crippen LogP contribution is 2.80. The van der Waals surface area contributed by atoms with Crippen LogP contribution in [0.5, 0.6) is 17.2 Å². The lowest BCUT2D eigenvalue weighted by Crippen LogP contribution is -2.37. The minimum Gasteiger partial charge on any atom is -0.423 e. The van der Waals surface area contributed by atoms with E-state index in [1.807, 2.05) is 127 Å². The number of nitrogens with one attached hydrogen (secondary N) is 2. The lowest BCUT2D eigenvalue weighted by molar-refractivity contribution is 0.321. The van der Waals surface area contributed by atoms with Crippen molar-refractivity contribution in [2.24, 2.45) is 4.52 Å². The summed E-state index contributed by atoms with van der Waals surface area (Å²) in [7, 11) is -5.59. The molecule has 2 N–H and O–H groups in total. The van der Waals surface area contributed by atoms with Crippen molar-refractivity contribution in [3.8, 4) is 50.6 Å². The van der Waals surface area contributed by atoms with E-state index in [0.717, 1.165) is 33.4 Å². The first-order valence-corrected chi connectivity index (χ1v) is 21.0. The highest BCUT2D eigenvalue weighted by molar-refractivity contribution is 7.88. The van der Waals surface area contributed by atoms with E-state index in [2.05, 4.69) is 46.1 Å². The van der Waals surface area contributed by atoms with Gasteiger partial charge >= 0.3 is 23.7 Å². The molecule has 12 heteroatoms. The van der Waals surface area contributed by atoms with Crippen molar-refractivity contribution in [2.45, 2.75) is 0 Å². The van der Waals surface area contributed by atoms with E-state index in [4.69, 9.17) is 31.7 Å². The van der Waals surface area contributed by atoms with Crippen LogP contribution in [0.15, 0.2) is 168 Å². The second-order valence-electron chi connectivity index (χ2n) is 11.4. The largest absolute Gasteiger partial charge is 0.570 e. The van der Waals surface area contributed by atoms with Crippen LogP contribution < -0.4 is 23.3 Å². The Labute approximate surface area is 300 Å². The molecular weight excluding hydrogens is 699 g/mol. The normalized spacial score (nSPS) is 21.3. The number of benzene rings is 6. The molecule has 3 atom stereocenters. The van der Waals surface area contributed by atoms with Crippen LogP contribution in [0.1, 0.15) is 0 Å². The van der Waals surface area contributed by atoms with Gasteiger partial charge in [-0.05, 0) is 74.6 Å². The number of nitrogens with zero attached hydrogens (tertiary/aromatic N) is 1. The molecule has 1 aliphatic heterocycles. The number of rotatable bonds is 12. The van der Waals surface area contributed by atoms with Crippen molar-refractivity contribution >= 4 is 23.7 Å². The predicted octanol–water partition coefficient (Wildman–Crippen LogP) is 11.7. The molecule has 258 valence electrons. The minimum atomic E-state index is -3.43. The second-order valence-corrected chi connectivity index (χ2v) is 18.5. The summed E-state index contributed by atoms with van der Waals surface area (Å²) in [5, 5.41) is 0. The molecule has 0 fully saturated rings. The van der Waals surface area contributed by atoms with Gasteiger partial charge in [0, 0.05) is 11.6 Å². The fourth-order valence-electron chi connectivity index (χ4n) is 5.47. The van der Waals surface area contributed by atoms with Crippen molar-refractivity contribution in [1.82, 2.24) is 9.72 Å². The lowest BCUT2D eigenvalue weighted by Gasteiger charge is -2.32. The van der Waals surface area contributed by atoms with Gasteiger partial charge < -0.3 is 9.05 Å². The summed E-state index contributed by atoms with van der Waals surface area (Å²) in [6.45, 7) is 0. The Balaban J connectivity index is 1.24. The molecule has 6 aromatic carbocycles. The zero-order valence-corrected chi connectivity index (χ0v) is 31.0. The van der Waals surface area contributed by atoms with Crippen LogP contribution in [-0.4, -0.2) is 21.3 Å². The van der Waals surface area contributed by atoms with Crippen LogP contribution in [0, 0.1) is 0 Å². The van der Waals surface area contributed by atoms with Crippen LogP contribution >= 0.6 is 23.7 Å². The van der Waals surface area contributed by atoms with Crippen molar-refractivity contribution in [3.05, 3.63) is 164 Å². The molecule has 1 heterocycles. The third-order valence-corrected chi connectivity index (χ3v) is 17.0. The molecule has 0 amide bonds. The second kappa shape index (κ2) is 15.5. The van der Waals surface area contributed by atoms with Gasteiger partial charge in [0.05, 0.1) is 19.1 Å². The Morgan fingerprint density at radius 3 is 1.24 bits per heavy atom. The molecule has 0 aromatic heterocycles. The van der Waals surface area contributed by atoms with Crippen LogP contribution in [0.2, 0.25) is 0 Å². The maximum absolute atomic E-state index is 6.67. The monoisotopic (exact) mass is 737 g/mol. The Bertz CT molecular complexity index is 2090. The minimum absolute atomic E-state index is 0.533. The zero-order valence-electron chi connectivity index (χ0n) is 28.3. The molecule has 0 saturated carbocycles. The molecule has 7 rings (SSSR count). The van der Waals surface area contributed by atoms with Crippen LogP contribution in [0.3, 0.4) is 0 Å². The highest BCUT2D eigenvalue weighted by Gasteiger charge is 2.71. The van der Waals surface area contributed by atoms with Crippen LogP contribution in [0.25, 0.3) is 33.4 Å². The third-order valence-electron chi connectivity index (χ3n) is 8.08. The molecule has 0 saturated heterocycles. The van der Waals surface area contributed by atoms with Gasteiger partial charge in [0.15, 0.2) is 11.5 Å². The van der Waals surface area contributed by atoms with Crippen molar-refractivity contribution in [2.75, 3.05) is 21.3 Å². The van der Waals surface area contributed by atoms with E-state index >= 15 is 0 Å². The van der Waals surface area contributed by atoms with Gasteiger partial charge in [0.25, 0.3) is 0 Å².